The quantitative estimate of drug-likeness (QED) is 0.545. The number of nitrogens with zero attached hydrogens (tertiary/aromatic N) is 1. The van der Waals surface area contributed by atoms with E-state index in [-0.39, 0.29) is 29.4 Å². The number of hydrogen-bond acceptors (Lipinski definition) is 4. The van der Waals surface area contributed by atoms with Gasteiger partial charge >= 0.3 is 5.97 Å². The van der Waals surface area contributed by atoms with Gasteiger partial charge in [0.1, 0.15) is 23.7 Å². The molecule has 1 N–H and O–H groups in total. The Bertz CT molecular complexity index is 1100. The lowest BCUT2D eigenvalue weighted by Crippen LogP contribution is -1.98. The van der Waals surface area contributed by atoms with Gasteiger partial charge in [0, 0.05) is 17.1 Å². The predicted molar refractivity (Wildman–Crippen MR) is 97.1 cm³/mol. The van der Waals surface area contributed by atoms with Gasteiger partial charge in [0.25, 0.3) is 5.88 Å². The van der Waals surface area contributed by atoms with Gasteiger partial charge in [-0.2, -0.15) is 0 Å². The number of aromatic nitrogens is 1. The molecule has 2 heterocycles. The number of pyridine rings is 1. The Morgan fingerprint density at radius 1 is 1.07 bits per heavy atom. The van der Waals surface area contributed by atoms with E-state index in [0.29, 0.717) is 10.9 Å². The number of carbonyl (C=O) groups is 1. The molecule has 2 aromatic heterocycles. The molecule has 4 aromatic rings. The number of aromatic carboxylic acids is 1. The molecule has 4 rings (SSSR count). The zero-order chi connectivity index (χ0) is 18.8. The second-order valence-electron chi connectivity index (χ2n) is 5.89. The largest absolute Gasteiger partial charge is 0.478 e. The number of ether oxygens (including phenoxy) is 1. The monoisotopic (exact) mass is 363 g/mol. The van der Waals surface area contributed by atoms with Crippen LogP contribution in [0.25, 0.3) is 22.3 Å². The molecule has 2 aromatic carbocycles. The second kappa shape index (κ2) is 6.92. The minimum Gasteiger partial charge on any atom is -0.478 e. The van der Waals surface area contributed by atoms with E-state index in [1.54, 1.807) is 6.07 Å². The molecule has 134 valence electrons. The summed E-state index contributed by atoms with van der Waals surface area (Å²) in [5, 5.41) is 10.0. The first-order valence-corrected chi connectivity index (χ1v) is 8.21. The Morgan fingerprint density at radius 2 is 1.81 bits per heavy atom. The average molecular weight is 363 g/mol. The van der Waals surface area contributed by atoms with Crippen LogP contribution < -0.4 is 4.74 Å². The minimum atomic E-state index is -1.15. The van der Waals surface area contributed by atoms with Crippen LogP contribution in [0.4, 0.5) is 4.39 Å². The van der Waals surface area contributed by atoms with Crippen molar-refractivity contribution in [1.29, 1.82) is 0 Å². The highest BCUT2D eigenvalue weighted by molar-refractivity contribution is 6.08. The third-order valence-electron chi connectivity index (χ3n) is 4.11. The van der Waals surface area contributed by atoms with Gasteiger partial charge in [-0.15, -0.1) is 0 Å². The van der Waals surface area contributed by atoms with Gasteiger partial charge in [0.2, 0.25) is 0 Å². The van der Waals surface area contributed by atoms with Crippen LogP contribution >= 0.6 is 0 Å². The third kappa shape index (κ3) is 3.25. The van der Waals surface area contributed by atoms with Gasteiger partial charge in [-0.3, -0.25) is 0 Å². The molecule has 27 heavy (non-hydrogen) atoms. The molecule has 0 atom stereocenters. The number of carboxylic acid groups (broad SMARTS) is 1. The summed E-state index contributed by atoms with van der Waals surface area (Å²) in [4.78, 5) is 16.0. The minimum absolute atomic E-state index is 0.0106. The molecule has 0 saturated heterocycles. The molecule has 0 aliphatic carbocycles. The van der Waals surface area contributed by atoms with E-state index in [1.807, 2.05) is 30.3 Å². The fourth-order valence-corrected chi connectivity index (χ4v) is 2.85. The first-order valence-electron chi connectivity index (χ1n) is 8.21. The van der Waals surface area contributed by atoms with Crippen LogP contribution in [0.5, 0.6) is 5.88 Å². The zero-order valence-electron chi connectivity index (χ0n) is 14.1. The van der Waals surface area contributed by atoms with Gasteiger partial charge in [-0.05, 0) is 35.9 Å². The molecular weight excluding hydrogens is 349 g/mol. The van der Waals surface area contributed by atoms with Gasteiger partial charge in [0.15, 0.2) is 5.58 Å². The predicted octanol–water partition coefficient (Wildman–Crippen LogP) is 4.91. The van der Waals surface area contributed by atoms with E-state index < -0.39 is 11.8 Å². The number of hydrogen-bond donors (Lipinski definition) is 1. The molecule has 0 aliphatic heterocycles. The Kier molecular flexibility index (Phi) is 4.30. The van der Waals surface area contributed by atoms with Crippen molar-refractivity contribution in [1.82, 2.24) is 4.98 Å². The molecule has 0 spiro atoms. The van der Waals surface area contributed by atoms with Crippen molar-refractivity contribution in [3.63, 3.8) is 0 Å². The maximum absolute atomic E-state index is 13.2. The maximum Gasteiger partial charge on any atom is 0.340 e. The molecule has 0 amide bonds. The normalized spacial score (nSPS) is 10.9. The van der Waals surface area contributed by atoms with E-state index in [1.165, 1.54) is 30.5 Å². The summed E-state index contributed by atoms with van der Waals surface area (Å²) >= 11 is 0. The van der Waals surface area contributed by atoms with Crippen molar-refractivity contribution < 1.29 is 23.4 Å². The summed E-state index contributed by atoms with van der Waals surface area (Å²) in [5.41, 5.74) is 1.63. The van der Waals surface area contributed by atoms with Crippen LogP contribution in [-0.2, 0) is 6.61 Å². The molecule has 0 radical (unpaired) electrons. The van der Waals surface area contributed by atoms with E-state index in [2.05, 4.69) is 4.98 Å². The molecule has 0 saturated carbocycles. The summed E-state index contributed by atoms with van der Waals surface area (Å²) in [6, 6.07) is 16.5. The SMILES string of the molecule is O=C(O)c1c(-c2ccc(F)cc2)oc2c(OCc3ccccc3)nccc12. The second-order valence-corrected chi connectivity index (χ2v) is 5.89. The fraction of sp³-hybridized carbons (Fsp3) is 0.0476. The topological polar surface area (TPSA) is 72.6 Å². The van der Waals surface area contributed by atoms with Crippen molar-refractivity contribution in [3.8, 4) is 17.2 Å². The maximum atomic E-state index is 13.2. The first-order chi connectivity index (χ1) is 13.1. The van der Waals surface area contributed by atoms with Crippen LogP contribution in [-0.4, -0.2) is 16.1 Å². The number of furan rings is 1. The Labute approximate surface area is 153 Å². The summed E-state index contributed by atoms with van der Waals surface area (Å²) in [7, 11) is 0. The molecule has 0 unspecified atom stereocenters. The number of fused-ring (bicyclic) bond motifs is 1. The van der Waals surface area contributed by atoms with Gasteiger partial charge in [0.05, 0.1) is 0 Å². The zero-order valence-corrected chi connectivity index (χ0v) is 14.1. The van der Waals surface area contributed by atoms with Crippen molar-refractivity contribution in [2.24, 2.45) is 0 Å². The summed E-state index contributed by atoms with van der Waals surface area (Å²) in [6.45, 7) is 0.266. The molecular formula is C21H14FNO4. The third-order valence-corrected chi connectivity index (χ3v) is 4.11. The molecule has 5 nitrogen and oxygen atoms in total. The molecule has 0 bridgehead atoms. The number of benzene rings is 2. The lowest BCUT2D eigenvalue weighted by atomic mass is 10.1. The van der Waals surface area contributed by atoms with Crippen molar-refractivity contribution in [3.05, 3.63) is 83.8 Å². The lowest BCUT2D eigenvalue weighted by Gasteiger charge is -2.05. The van der Waals surface area contributed by atoms with Crippen molar-refractivity contribution in [2.75, 3.05) is 0 Å². The highest BCUT2D eigenvalue weighted by atomic mass is 19.1. The summed E-state index contributed by atoms with van der Waals surface area (Å²) in [5.74, 6) is -1.23. The van der Waals surface area contributed by atoms with Crippen LogP contribution in [0.1, 0.15) is 15.9 Å². The number of carboxylic acids is 1. The van der Waals surface area contributed by atoms with Gasteiger partial charge < -0.3 is 14.3 Å². The van der Waals surface area contributed by atoms with Crippen molar-refractivity contribution in [2.45, 2.75) is 6.61 Å². The highest BCUT2D eigenvalue weighted by Crippen LogP contribution is 2.37. The lowest BCUT2D eigenvalue weighted by molar-refractivity contribution is 0.0699. The molecule has 0 aliphatic rings. The average Bonchev–Trinajstić information content (AvgIpc) is 3.08. The number of halogens is 1. The number of rotatable bonds is 5. The highest BCUT2D eigenvalue weighted by Gasteiger charge is 2.24. The fourth-order valence-electron chi connectivity index (χ4n) is 2.85. The standard InChI is InChI=1S/C21H14FNO4/c22-15-8-6-14(7-9-15)18-17(21(24)25)16-10-11-23-20(19(16)27-18)26-12-13-4-2-1-3-5-13/h1-11H,12H2,(H,24,25). The van der Waals surface area contributed by atoms with Gasteiger partial charge in [-0.1, -0.05) is 30.3 Å². The van der Waals surface area contributed by atoms with Crippen LogP contribution in [0.15, 0.2) is 71.3 Å². The van der Waals surface area contributed by atoms with E-state index in [0.717, 1.165) is 5.56 Å². The van der Waals surface area contributed by atoms with Crippen LogP contribution in [0.2, 0.25) is 0 Å². The van der Waals surface area contributed by atoms with Crippen LogP contribution in [0, 0.1) is 5.82 Å². The van der Waals surface area contributed by atoms with Crippen LogP contribution in [0.3, 0.4) is 0 Å². The molecule has 6 heteroatoms. The van der Waals surface area contributed by atoms with E-state index in [9.17, 15) is 14.3 Å². The van der Waals surface area contributed by atoms with Crippen molar-refractivity contribution >= 4 is 16.9 Å². The molecule has 0 fully saturated rings. The Balaban J connectivity index is 1.79. The van der Waals surface area contributed by atoms with E-state index in [4.69, 9.17) is 9.15 Å². The Morgan fingerprint density at radius 3 is 2.52 bits per heavy atom. The van der Waals surface area contributed by atoms with E-state index >= 15 is 0 Å². The summed E-state index contributed by atoms with van der Waals surface area (Å²) in [6.07, 6.45) is 1.47. The summed E-state index contributed by atoms with van der Waals surface area (Å²) < 4.78 is 24.8. The Hall–Kier alpha value is -3.67. The first kappa shape index (κ1) is 16.8. The van der Waals surface area contributed by atoms with Gasteiger partial charge in [-0.25, -0.2) is 14.2 Å². The smallest absolute Gasteiger partial charge is 0.340 e.